The molecule has 1 aliphatic carbocycles. The number of guanidine groups is 1. The summed E-state index contributed by atoms with van der Waals surface area (Å²) in [6.07, 6.45) is 10.4. The first-order valence-electron chi connectivity index (χ1n) is 9.97. The second-order valence-electron chi connectivity index (χ2n) is 7.43. The van der Waals surface area contributed by atoms with Crippen LogP contribution in [-0.2, 0) is 18.3 Å². The molecule has 1 aromatic heterocycles. The van der Waals surface area contributed by atoms with Crippen molar-refractivity contribution in [2.24, 2.45) is 18.0 Å². The van der Waals surface area contributed by atoms with Crippen molar-refractivity contribution < 1.29 is 4.79 Å². The summed E-state index contributed by atoms with van der Waals surface area (Å²) in [7, 11) is 1.93. The lowest BCUT2D eigenvalue weighted by Gasteiger charge is -2.21. The van der Waals surface area contributed by atoms with Gasteiger partial charge in [-0.25, -0.2) is 0 Å². The van der Waals surface area contributed by atoms with Gasteiger partial charge in [0.25, 0.3) is 0 Å². The lowest BCUT2D eigenvalue weighted by atomic mass is 10.1. The Balaban J connectivity index is 0.00000261. The minimum atomic E-state index is 0. The van der Waals surface area contributed by atoms with Crippen LogP contribution in [0.1, 0.15) is 44.6 Å². The van der Waals surface area contributed by atoms with Gasteiger partial charge in [0.05, 0.1) is 6.20 Å². The zero-order valence-corrected chi connectivity index (χ0v) is 18.8. The van der Waals surface area contributed by atoms with Gasteiger partial charge < -0.3 is 15.5 Å². The van der Waals surface area contributed by atoms with E-state index in [1.54, 1.807) is 0 Å². The van der Waals surface area contributed by atoms with Crippen LogP contribution in [0.3, 0.4) is 0 Å². The number of aliphatic imine (C=N–C) groups is 1. The number of hydrogen-bond acceptors (Lipinski definition) is 3. The molecule has 1 unspecified atom stereocenters. The van der Waals surface area contributed by atoms with Crippen molar-refractivity contribution in [1.29, 1.82) is 0 Å². The van der Waals surface area contributed by atoms with Crippen molar-refractivity contribution in [3.63, 3.8) is 0 Å². The summed E-state index contributed by atoms with van der Waals surface area (Å²) in [5, 5.41) is 11.0. The summed E-state index contributed by atoms with van der Waals surface area (Å²) in [6.45, 7) is 5.28. The predicted molar refractivity (Wildman–Crippen MR) is 118 cm³/mol. The molecule has 1 atom stereocenters. The van der Waals surface area contributed by atoms with Crippen LogP contribution in [0, 0.1) is 5.92 Å². The number of aryl methyl sites for hydroxylation is 1. The molecule has 27 heavy (non-hydrogen) atoms. The zero-order valence-electron chi connectivity index (χ0n) is 16.5. The average Bonchev–Trinajstić information content (AvgIpc) is 3.36. The van der Waals surface area contributed by atoms with E-state index in [0.29, 0.717) is 5.91 Å². The van der Waals surface area contributed by atoms with Gasteiger partial charge in [-0.1, -0.05) is 12.8 Å². The standard InChI is InChI=1S/C19H32N6O.HI/c1-3-20-19(21-10-8-15-12-22-24(2)13-15)23-17-9-11-25(14-17)18(26)16-6-4-5-7-16;/h12-13,16-17H,3-11,14H2,1-2H3,(H2,20,21,23);1H. The smallest absolute Gasteiger partial charge is 0.225 e. The quantitative estimate of drug-likeness (QED) is 0.365. The third-order valence-corrected chi connectivity index (χ3v) is 5.32. The molecule has 1 aromatic rings. The number of nitrogens with zero attached hydrogens (tertiary/aromatic N) is 4. The van der Waals surface area contributed by atoms with Gasteiger partial charge in [-0.2, -0.15) is 5.10 Å². The van der Waals surface area contributed by atoms with Crippen LogP contribution in [0.2, 0.25) is 0 Å². The molecule has 1 saturated heterocycles. The Labute approximate surface area is 179 Å². The number of nitrogens with one attached hydrogen (secondary N) is 2. The van der Waals surface area contributed by atoms with Crippen molar-refractivity contribution in [2.75, 3.05) is 26.2 Å². The first-order valence-corrected chi connectivity index (χ1v) is 9.97. The molecule has 1 aliphatic heterocycles. The zero-order chi connectivity index (χ0) is 18.4. The fourth-order valence-corrected chi connectivity index (χ4v) is 3.92. The molecule has 8 heteroatoms. The summed E-state index contributed by atoms with van der Waals surface area (Å²) in [6, 6.07) is 0.288. The molecule has 152 valence electrons. The first-order chi connectivity index (χ1) is 12.7. The van der Waals surface area contributed by atoms with E-state index in [1.807, 2.05) is 29.0 Å². The fraction of sp³-hybridized carbons (Fsp3) is 0.737. The summed E-state index contributed by atoms with van der Waals surface area (Å²) < 4.78 is 1.82. The largest absolute Gasteiger partial charge is 0.357 e. The first kappa shape index (κ1) is 22.0. The van der Waals surface area contributed by atoms with E-state index >= 15 is 0 Å². The van der Waals surface area contributed by atoms with Crippen LogP contribution in [0.5, 0.6) is 0 Å². The molecule has 0 spiro atoms. The SMILES string of the molecule is CCNC(=NCCc1cnn(C)c1)NC1CCN(C(=O)C2CCCC2)C1.I. The van der Waals surface area contributed by atoms with Gasteiger partial charge in [0.1, 0.15) is 0 Å². The summed E-state index contributed by atoms with van der Waals surface area (Å²) in [4.78, 5) is 19.3. The monoisotopic (exact) mass is 488 g/mol. The summed E-state index contributed by atoms with van der Waals surface area (Å²) in [5.41, 5.74) is 1.20. The maximum absolute atomic E-state index is 12.6. The highest BCUT2D eigenvalue weighted by Crippen LogP contribution is 2.27. The number of hydrogen-bond donors (Lipinski definition) is 2. The molecule has 0 radical (unpaired) electrons. The van der Waals surface area contributed by atoms with Gasteiger partial charge in [-0.3, -0.25) is 14.5 Å². The van der Waals surface area contributed by atoms with Gasteiger partial charge in [-0.15, -0.1) is 24.0 Å². The van der Waals surface area contributed by atoms with E-state index in [0.717, 1.165) is 57.8 Å². The molecule has 2 fully saturated rings. The summed E-state index contributed by atoms with van der Waals surface area (Å²) >= 11 is 0. The second kappa shape index (κ2) is 10.9. The highest BCUT2D eigenvalue weighted by Gasteiger charge is 2.32. The predicted octanol–water partition coefficient (Wildman–Crippen LogP) is 1.93. The molecule has 2 heterocycles. The van der Waals surface area contributed by atoms with Crippen LogP contribution in [0.4, 0.5) is 0 Å². The molecule has 1 amide bonds. The summed E-state index contributed by atoms with van der Waals surface area (Å²) in [5.74, 6) is 1.48. The van der Waals surface area contributed by atoms with Crippen molar-refractivity contribution in [2.45, 2.75) is 51.5 Å². The van der Waals surface area contributed by atoms with E-state index < -0.39 is 0 Å². The fourth-order valence-electron chi connectivity index (χ4n) is 3.92. The van der Waals surface area contributed by atoms with Crippen LogP contribution < -0.4 is 10.6 Å². The maximum atomic E-state index is 12.6. The molecule has 7 nitrogen and oxygen atoms in total. The van der Waals surface area contributed by atoms with E-state index in [4.69, 9.17) is 0 Å². The van der Waals surface area contributed by atoms with Gasteiger partial charge in [0, 0.05) is 51.4 Å². The Morgan fingerprint density at radius 3 is 2.78 bits per heavy atom. The van der Waals surface area contributed by atoms with Gasteiger partial charge in [-0.05, 0) is 38.2 Å². The number of rotatable bonds is 6. The molecule has 2 aliphatic rings. The normalized spacial score (nSPS) is 20.6. The van der Waals surface area contributed by atoms with Crippen molar-refractivity contribution in [1.82, 2.24) is 25.3 Å². The second-order valence-corrected chi connectivity index (χ2v) is 7.43. The van der Waals surface area contributed by atoms with E-state index in [-0.39, 0.29) is 35.9 Å². The van der Waals surface area contributed by atoms with E-state index in [9.17, 15) is 4.79 Å². The van der Waals surface area contributed by atoms with Crippen molar-refractivity contribution >= 4 is 35.8 Å². The number of carbonyl (C=O) groups excluding carboxylic acids is 1. The highest BCUT2D eigenvalue weighted by atomic mass is 127. The Hall–Kier alpha value is -1.32. The van der Waals surface area contributed by atoms with Crippen LogP contribution >= 0.6 is 24.0 Å². The van der Waals surface area contributed by atoms with Crippen LogP contribution in [-0.4, -0.2) is 58.8 Å². The third kappa shape index (κ3) is 6.36. The van der Waals surface area contributed by atoms with Crippen LogP contribution in [0.25, 0.3) is 0 Å². The molecule has 0 aromatic carbocycles. The molecule has 2 N–H and O–H groups in total. The minimum absolute atomic E-state index is 0. The lowest BCUT2D eigenvalue weighted by molar-refractivity contribution is -0.134. The van der Waals surface area contributed by atoms with Gasteiger partial charge in [0.15, 0.2) is 5.96 Å². The molecular formula is C19H33IN6O. The highest BCUT2D eigenvalue weighted by molar-refractivity contribution is 14.0. The topological polar surface area (TPSA) is 74.6 Å². The van der Waals surface area contributed by atoms with Gasteiger partial charge in [0.2, 0.25) is 5.91 Å². The molecule has 1 saturated carbocycles. The lowest BCUT2D eigenvalue weighted by Crippen LogP contribution is -2.45. The van der Waals surface area contributed by atoms with E-state index in [1.165, 1.54) is 18.4 Å². The Bertz CT molecular complexity index is 625. The number of carbonyl (C=O) groups is 1. The van der Waals surface area contributed by atoms with Crippen molar-refractivity contribution in [3.8, 4) is 0 Å². The Kier molecular flexibility index (Phi) is 8.85. The number of aromatic nitrogens is 2. The van der Waals surface area contributed by atoms with Crippen molar-refractivity contribution in [3.05, 3.63) is 18.0 Å². The number of amides is 1. The maximum Gasteiger partial charge on any atom is 0.225 e. The number of likely N-dealkylation sites (tertiary alicyclic amines) is 1. The minimum Gasteiger partial charge on any atom is -0.357 e. The van der Waals surface area contributed by atoms with Gasteiger partial charge >= 0.3 is 0 Å². The third-order valence-electron chi connectivity index (χ3n) is 5.32. The van der Waals surface area contributed by atoms with E-state index in [2.05, 4.69) is 27.6 Å². The molecule has 3 rings (SSSR count). The Morgan fingerprint density at radius 2 is 2.11 bits per heavy atom. The number of halogens is 1. The van der Waals surface area contributed by atoms with Crippen LogP contribution in [0.15, 0.2) is 17.4 Å². The Morgan fingerprint density at radius 1 is 1.33 bits per heavy atom. The average molecular weight is 488 g/mol. The molecular weight excluding hydrogens is 455 g/mol. The molecule has 0 bridgehead atoms.